The van der Waals surface area contributed by atoms with Crippen molar-refractivity contribution in [1.29, 1.82) is 0 Å². The third-order valence-electron chi connectivity index (χ3n) is 8.56. The SMILES string of the molecule is COC(=O)[C@@H](Cc1ccccc1)NC(=O)[C@@H](CC(C)C)NC(=O)[C@@H](C(C)C)N(C)C(=O)[C@@H](CC(C)C)NC(=O)[C@@H](CC(C)C)N(C)C(=O)OC(C)(C)C. The standard InChI is InChI=1S/C40H67N5O8/c1-24(2)20-29(34(46)43-31(38(50)52-14)23-28-18-16-15-17-19-28)41-36(48)33(27(7)8)45(13)37(49)30(21-25(3)4)42-35(47)32(22-26(5)6)44(12)39(51)53-40(9,10)11/h15-19,24-27,29-33H,20-23H2,1-14H3,(H,41,48)(H,42,47)(H,43,46)/t29-,30-,31-,32-,33-/m1/s1. The molecule has 0 aliphatic rings. The number of ether oxygens (including phenoxy) is 2. The molecule has 0 heterocycles. The number of rotatable bonds is 19. The Morgan fingerprint density at radius 1 is 0.660 bits per heavy atom. The Balaban J connectivity index is 3.35. The molecule has 0 aliphatic heterocycles. The first kappa shape index (κ1) is 46.9. The van der Waals surface area contributed by atoms with Gasteiger partial charge in [-0.1, -0.05) is 85.7 Å². The molecule has 53 heavy (non-hydrogen) atoms. The van der Waals surface area contributed by atoms with E-state index in [1.165, 1.54) is 31.0 Å². The summed E-state index contributed by atoms with van der Waals surface area (Å²) in [5.74, 6) is -3.05. The second kappa shape index (κ2) is 21.5. The lowest BCUT2D eigenvalue weighted by Gasteiger charge is -2.36. The Kier molecular flexibility index (Phi) is 19.0. The number of hydrogen-bond acceptors (Lipinski definition) is 8. The lowest BCUT2D eigenvalue weighted by Crippen LogP contribution is -2.60. The molecule has 3 N–H and O–H groups in total. The maximum atomic E-state index is 14.2. The van der Waals surface area contributed by atoms with Crippen LogP contribution in [0.5, 0.6) is 0 Å². The molecule has 1 aromatic rings. The van der Waals surface area contributed by atoms with Crippen molar-refractivity contribution in [3.63, 3.8) is 0 Å². The summed E-state index contributed by atoms with van der Waals surface area (Å²) in [5, 5.41) is 8.51. The third kappa shape index (κ3) is 16.2. The van der Waals surface area contributed by atoms with Crippen LogP contribution in [0.15, 0.2) is 30.3 Å². The molecule has 0 aromatic heterocycles. The van der Waals surface area contributed by atoms with Gasteiger partial charge in [0.1, 0.15) is 35.8 Å². The van der Waals surface area contributed by atoms with Gasteiger partial charge in [-0.15, -0.1) is 0 Å². The van der Waals surface area contributed by atoms with Crippen molar-refractivity contribution >= 4 is 35.7 Å². The predicted molar refractivity (Wildman–Crippen MR) is 206 cm³/mol. The van der Waals surface area contributed by atoms with Crippen LogP contribution < -0.4 is 16.0 Å². The molecule has 0 radical (unpaired) electrons. The van der Waals surface area contributed by atoms with Crippen molar-refractivity contribution in [3.05, 3.63) is 35.9 Å². The first-order chi connectivity index (χ1) is 24.5. The predicted octanol–water partition coefficient (Wildman–Crippen LogP) is 4.71. The average molecular weight is 746 g/mol. The minimum absolute atomic E-state index is 0.00292. The van der Waals surface area contributed by atoms with Crippen molar-refractivity contribution < 1.29 is 38.2 Å². The monoisotopic (exact) mass is 745 g/mol. The van der Waals surface area contributed by atoms with Crippen LogP contribution in [0, 0.1) is 23.7 Å². The molecule has 13 nitrogen and oxygen atoms in total. The number of esters is 1. The number of benzene rings is 1. The molecule has 0 aliphatic carbocycles. The lowest BCUT2D eigenvalue weighted by molar-refractivity contribution is -0.146. The van der Waals surface area contributed by atoms with Gasteiger partial charge >= 0.3 is 12.1 Å². The fraction of sp³-hybridized carbons (Fsp3) is 0.700. The van der Waals surface area contributed by atoms with Gasteiger partial charge in [-0.2, -0.15) is 0 Å². The van der Waals surface area contributed by atoms with E-state index >= 15 is 0 Å². The largest absolute Gasteiger partial charge is 0.467 e. The molecule has 1 rings (SSSR count). The number of hydrogen-bond donors (Lipinski definition) is 3. The van der Waals surface area contributed by atoms with E-state index in [9.17, 15) is 28.8 Å². The van der Waals surface area contributed by atoms with Gasteiger partial charge in [0.15, 0.2) is 0 Å². The molecule has 0 bridgehead atoms. The number of methoxy groups -OCH3 is 1. The molecule has 300 valence electrons. The number of carbonyl (C=O) groups excluding carboxylic acids is 6. The lowest BCUT2D eigenvalue weighted by atomic mass is 9.96. The van der Waals surface area contributed by atoms with Gasteiger partial charge in [-0.3, -0.25) is 24.1 Å². The molecular weight excluding hydrogens is 678 g/mol. The van der Waals surface area contributed by atoms with E-state index in [4.69, 9.17) is 9.47 Å². The van der Waals surface area contributed by atoms with E-state index in [2.05, 4.69) is 16.0 Å². The zero-order chi connectivity index (χ0) is 40.8. The van der Waals surface area contributed by atoms with E-state index in [0.717, 1.165) is 5.56 Å². The Morgan fingerprint density at radius 3 is 1.62 bits per heavy atom. The van der Waals surface area contributed by atoms with Crippen molar-refractivity contribution in [2.24, 2.45) is 23.7 Å². The highest BCUT2D eigenvalue weighted by atomic mass is 16.6. The number of amides is 5. The zero-order valence-electron chi connectivity index (χ0n) is 34.6. The highest BCUT2D eigenvalue weighted by Crippen LogP contribution is 2.19. The molecule has 5 amide bonds. The van der Waals surface area contributed by atoms with E-state index in [1.807, 2.05) is 71.9 Å². The second-order valence-corrected chi connectivity index (χ2v) is 16.5. The molecule has 1 aromatic carbocycles. The van der Waals surface area contributed by atoms with E-state index in [0.29, 0.717) is 6.42 Å². The Bertz CT molecular complexity index is 1360. The van der Waals surface area contributed by atoms with Crippen LogP contribution in [0.3, 0.4) is 0 Å². The molecular formula is C40H67N5O8. The molecule has 0 spiro atoms. The maximum absolute atomic E-state index is 14.2. The van der Waals surface area contributed by atoms with Crippen LogP contribution in [-0.2, 0) is 39.9 Å². The Morgan fingerprint density at radius 2 is 1.15 bits per heavy atom. The summed E-state index contributed by atoms with van der Waals surface area (Å²) in [7, 11) is 4.26. The Labute approximate surface area is 317 Å². The van der Waals surface area contributed by atoms with Crippen molar-refractivity contribution in [1.82, 2.24) is 25.8 Å². The Hall–Kier alpha value is -4.16. The van der Waals surface area contributed by atoms with Crippen LogP contribution in [0.4, 0.5) is 4.79 Å². The fourth-order valence-electron chi connectivity index (χ4n) is 6.04. The normalized spacial score (nSPS) is 14.5. The number of nitrogens with one attached hydrogen (secondary N) is 3. The van der Waals surface area contributed by atoms with Gasteiger partial charge in [-0.25, -0.2) is 9.59 Å². The number of likely N-dealkylation sites (N-methyl/N-ethyl adjacent to an activating group) is 2. The van der Waals surface area contributed by atoms with Crippen LogP contribution in [0.25, 0.3) is 0 Å². The summed E-state index contributed by atoms with van der Waals surface area (Å²) in [6.07, 6.45) is 0.422. The van der Waals surface area contributed by atoms with Crippen LogP contribution in [0.2, 0.25) is 0 Å². The first-order valence-corrected chi connectivity index (χ1v) is 18.7. The minimum Gasteiger partial charge on any atom is -0.467 e. The summed E-state index contributed by atoms with van der Waals surface area (Å²) in [6, 6.07) is 4.29. The summed E-state index contributed by atoms with van der Waals surface area (Å²) >= 11 is 0. The molecule has 5 atom stereocenters. The molecule has 0 unspecified atom stereocenters. The molecule has 13 heteroatoms. The zero-order valence-corrected chi connectivity index (χ0v) is 34.6. The van der Waals surface area contributed by atoms with E-state index < -0.39 is 71.5 Å². The fourth-order valence-corrected chi connectivity index (χ4v) is 6.04. The van der Waals surface area contributed by atoms with Gasteiger partial charge in [-0.05, 0) is 69.3 Å². The van der Waals surface area contributed by atoms with Crippen LogP contribution >= 0.6 is 0 Å². The summed E-state index contributed by atoms with van der Waals surface area (Å²) in [6.45, 7) is 20.4. The molecule has 0 saturated heterocycles. The van der Waals surface area contributed by atoms with Crippen LogP contribution in [0.1, 0.15) is 101 Å². The van der Waals surface area contributed by atoms with Gasteiger partial charge < -0.3 is 30.3 Å². The first-order valence-electron chi connectivity index (χ1n) is 18.7. The average Bonchev–Trinajstić information content (AvgIpc) is 3.04. The maximum Gasteiger partial charge on any atom is 0.410 e. The van der Waals surface area contributed by atoms with Gasteiger partial charge in [0.25, 0.3) is 0 Å². The van der Waals surface area contributed by atoms with Gasteiger partial charge in [0.05, 0.1) is 7.11 Å². The molecule has 0 fully saturated rings. The number of carbonyl (C=O) groups is 6. The smallest absolute Gasteiger partial charge is 0.410 e. The summed E-state index contributed by atoms with van der Waals surface area (Å²) in [5.41, 5.74) is 0.0537. The van der Waals surface area contributed by atoms with Crippen molar-refractivity contribution in [2.45, 2.75) is 138 Å². The quantitative estimate of drug-likeness (QED) is 0.172. The van der Waals surface area contributed by atoms with E-state index in [-0.39, 0.29) is 42.9 Å². The van der Waals surface area contributed by atoms with Crippen molar-refractivity contribution in [2.75, 3.05) is 21.2 Å². The third-order valence-corrected chi connectivity index (χ3v) is 8.56. The highest BCUT2D eigenvalue weighted by molar-refractivity contribution is 5.96. The van der Waals surface area contributed by atoms with E-state index in [1.54, 1.807) is 34.6 Å². The highest BCUT2D eigenvalue weighted by Gasteiger charge is 2.38. The summed E-state index contributed by atoms with van der Waals surface area (Å²) in [4.78, 5) is 84.1. The topological polar surface area (TPSA) is 163 Å². The minimum atomic E-state index is -1.01. The van der Waals surface area contributed by atoms with Gasteiger partial charge in [0.2, 0.25) is 23.6 Å². The summed E-state index contributed by atoms with van der Waals surface area (Å²) < 4.78 is 10.5. The van der Waals surface area contributed by atoms with Crippen molar-refractivity contribution in [3.8, 4) is 0 Å². The number of nitrogens with zero attached hydrogens (tertiary/aromatic N) is 2. The second-order valence-electron chi connectivity index (χ2n) is 16.5. The van der Waals surface area contributed by atoms with Crippen LogP contribution in [-0.4, -0.2) is 103 Å². The van der Waals surface area contributed by atoms with Gasteiger partial charge in [0, 0.05) is 20.5 Å². The molecule has 0 saturated carbocycles.